The van der Waals surface area contributed by atoms with E-state index in [4.69, 9.17) is 9.47 Å². The Morgan fingerprint density at radius 2 is 2.17 bits per heavy atom. The highest BCUT2D eigenvalue weighted by Gasteiger charge is 2.57. The van der Waals surface area contributed by atoms with E-state index in [-0.39, 0.29) is 17.2 Å². The minimum absolute atomic E-state index is 0.156. The van der Waals surface area contributed by atoms with Crippen LogP contribution in [0.15, 0.2) is 24.3 Å². The molecule has 1 aromatic rings. The Balaban J connectivity index is 1.51. The van der Waals surface area contributed by atoms with Crippen molar-refractivity contribution < 1.29 is 14.3 Å². The van der Waals surface area contributed by atoms with E-state index in [9.17, 15) is 4.79 Å². The van der Waals surface area contributed by atoms with Crippen LogP contribution in [0.2, 0.25) is 0 Å². The van der Waals surface area contributed by atoms with Crippen LogP contribution in [0.5, 0.6) is 5.75 Å². The topological polar surface area (TPSA) is 59.6 Å². The van der Waals surface area contributed by atoms with Crippen LogP contribution >= 0.6 is 0 Å². The fraction of sp³-hybridized carbons (Fsp3) is 0.611. The number of rotatable bonds is 7. The smallest absolute Gasteiger partial charge is 0.228 e. The van der Waals surface area contributed by atoms with Crippen molar-refractivity contribution in [3.05, 3.63) is 24.3 Å². The molecular formula is C18H26N2O3. The maximum atomic E-state index is 12.5. The van der Waals surface area contributed by atoms with Gasteiger partial charge in [-0.3, -0.25) is 4.79 Å². The van der Waals surface area contributed by atoms with Crippen LogP contribution in [0.25, 0.3) is 0 Å². The van der Waals surface area contributed by atoms with Gasteiger partial charge in [0.15, 0.2) is 0 Å². The summed E-state index contributed by atoms with van der Waals surface area (Å²) < 4.78 is 10.7. The second-order valence-electron chi connectivity index (χ2n) is 6.58. The molecule has 1 unspecified atom stereocenters. The first-order chi connectivity index (χ1) is 11.2. The Hall–Kier alpha value is -1.59. The molecule has 1 saturated carbocycles. The van der Waals surface area contributed by atoms with Crippen LogP contribution in [0, 0.1) is 11.3 Å². The molecule has 0 aromatic heterocycles. The lowest BCUT2D eigenvalue weighted by atomic mass is 9.92. The van der Waals surface area contributed by atoms with E-state index in [1.54, 1.807) is 7.11 Å². The van der Waals surface area contributed by atoms with Crippen LogP contribution < -0.4 is 15.4 Å². The number of hydrogen-bond acceptors (Lipinski definition) is 4. The molecule has 2 aliphatic rings. The molecule has 1 saturated heterocycles. The Morgan fingerprint density at radius 1 is 1.35 bits per heavy atom. The van der Waals surface area contributed by atoms with Crippen molar-refractivity contribution in [3.63, 3.8) is 0 Å². The van der Waals surface area contributed by atoms with Crippen molar-refractivity contribution in [3.8, 4) is 5.75 Å². The van der Waals surface area contributed by atoms with Gasteiger partial charge in [-0.2, -0.15) is 0 Å². The molecule has 5 heteroatoms. The van der Waals surface area contributed by atoms with Gasteiger partial charge in [-0.05, 0) is 49.9 Å². The van der Waals surface area contributed by atoms with Crippen LogP contribution in [-0.4, -0.2) is 39.3 Å². The molecule has 1 aliphatic heterocycles. The summed E-state index contributed by atoms with van der Waals surface area (Å²) in [6, 6.07) is 7.63. The number of nitrogens with one attached hydrogen (secondary N) is 2. The third-order valence-corrected chi connectivity index (χ3v) is 4.97. The number of methoxy groups -OCH3 is 1. The van der Waals surface area contributed by atoms with Gasteiger partial charge < -0.3 is 20.1 Å². The molecule has 1 atom stereocenters. The lowest BCUT2D eigenvalue weighted by Gasteiger charge is -2.23. The fourth-order valence-corrected chi connectivity index (χ4v) is 3.48. The molecule has 0 radical (unpaired) electrons. The zero-order valence-corrected chi connectivity index (χ0v) is 13.8. The second kappa shape index (κ2) is 7.32. The van der Waals surface area contributed by atoms with Crippen molar-refractivity contribution in [2.45, 2.75) is 25.7 Å². The van der Waals surface area contributed by atoms with Crippen LogP contribution in [0.1, 0.15) is 25.7 Å². The summed E-state index contributed by atoms with van der Waals surface area (Å²) in [6.07, 6.45) is 4.13. The molecule has 0 bridgehead atoms. The molecule has 5 nitrogen and oxygen atoms in total. The van der Waals surface area contributed by atoms with Crippen molar-refractivity contribution in [2.24, 2.45) is 11.3 Å². The predicted molar refractivity (Wildman–Crippen MR) is 89.7 cm³/mol. The van der Waals surface area contributed by atoms with Crippen molar-refractivity contribution in [1.82, 2.24) is 5.32 Å². The monoisotopic (exact) mass is 318 g/mol. The van der Waals surface area contributed by atoms with Crippen molar-refractivity contribution in [1.29, 1.82) is 0 Å². The normalized spacial score (nSPS) is 21.9. The van der Waals surface area contributed by atoms with E-state index < -0.39 is 0 Å². The number of hydrogen-bond donors (Lipinski definition) is 2. The lowest BCUT2D eigenvalue weighted by Crippen LogP contribution is -2.31. The summed E-state index contributed by atoms with van der Waals surface area (Å²) in [6.45, 7) is 3.38. The van der Waals surface area contributed by atoms with E-state index in [2.05, 4.69) is 10.6 Å². The molecule has 1 amide bonds. The number of ether oxygens (including phenoxy) is 2. The van der Waals surface area contributed by atoms with E-state index >= 15 is 0 Å². The number of carbonyl (C=O) groups excluding carboxylic acids is 1. The average molecular weight is 318 g/mol. The zero-order chi connectivity index (χ0) is 16.1. The van der Waals surface area contributed by atoms with Crippen LogP contribution in [0.3, 0.4) is 0 Å². The minimum Gasteiger partial charge on any atom is -0.493 e. The van der Waals surface area contributed by atoms with Crippen molar-refractivity contribution in [2.75, 3.05) is 38.7 Å². The van der Waals surface area contributed by atoms with Gasteiger partial charge in [-0.25, -0.2) is 0 Å². The standard InChI is InChI=1S/C18H26N2O3/c1-22-10-3-11-23-15-5-2-4-14(12-15)20-17(21)16-13-18(16)6-8-19-9-7-18/h2,4-5,12,16,19H,3,6-11,13H2,1H3,(H,20,21). The summed E-state index contributed by atoms with van der Waals surface area (Å²) >= 11 is 0. The number of carbonyl (C=O) groups is 1. The van der Waals surface area contributed by atoms with Gasteiger partial charge in [-0.1, -0.05) is 6.07 Å². The van der Waals surface area contributed by atoms with E-state index in [0.717, 1.165) is 50.2 Å². The quantitative estimate of drug-likeness (QED) is 0.758. The second-order valence-corrected chi connectivity index (χ2v) is 6.58. The Labute approximate surface area is 137 Å². The van der Waals surface area contributed by atoms with E-state index in [1.165, 1.54) is 0 Å². The molecule has 3 rings (SSSR count). The number of piperidine rings is 1. The summed E-state index contributed by atoms with van der Waals surface area (Å²) in [5, 5.41) is 6.42. The highest BCUT2D eigenvalue weighted by molar-refractivity contribution is 5.95. The molecule has 2 N–H and O–H groups in total. The molecule has 2 fully saturated rings. The van der Waals surface area contributed by atoms with Crippen molar-refractivity contribution >= 4 is 11.6 Å². The van der Waals surface area contributed by atoms with Gasteiger partial charge in [0.2, 0.25) is 5.91 Å². The Morgan fingerprint density at radius 3 is 2.96 bits per heavy atom. The summed E-state index contributed by atoms with van der Waals surface area (Å²) in [4.78, 5) is 12.5. The first-order valence-electron chi connectivity index (χ1n) is 8.47. The van der Waals surface area contributed by atoms with Gasteiger partial charge in [0.05, 0.1) is 6.61 Å². The number of anilines is 1. The summed E-state index contributed by atoms with van der Waals surface area (Å²) in [5.41, 5.74) is 1.08. The molecule has 1 aliphatic carbocycles. The highest BCUT2D eigenvalue weighted by atomic mass is 16.5. The summed E-state index contributed by atoms with van der Waals surface area (Å²) in [5.74, 6) is 1.12. The average Bonchev–Trinajstić information content (AvgIpc) is 3.26. The first-order valence-corrected chi connectivity index (χ1v) is 8.47. The third-order valence-electron chi connectivity index (χ3n) is 4.97. The molecule has 1 heterocycles. The molecule has 1 aromatic carbocycles. The predicted octanol–water partition coefficient (Wildman–Crippen LogP) is 2.43. The molecule has 23 heavy (non-hydrogen) atoms. The fourth-order valence-electron chi connectivity index (χ4n) is 3.48. The number of benzene rings is 1. The van der Waals surface area contributed by atoms with E-state index in [1.807, 2.05) is 24.3 Å². The highest BCUT2D eigenvalue weighted by Crippen LogP contribution is 2.58. The number of amides is 1. The maximum Gasteiger partial charge on any atom is 0.228 e. The minimum atomic E-state index is 0.156. The zero-order valence-electron chi connectivity index (χ0n) is 13.8. The molecule has 1 spiro atoms. The first kappa shape index (κ1) is 16.3. The molecular weight excluding hydrogens is 292 g/mol. The van der Waals surface area contributed by atoms with Crippen LogP contribution in [0.4, 0.5) is 5.69 Å². The Kier molecular flexibility index (Phi) is 5.18. The summed E-state index contributed by atoms with van der Waals surface area (Å²) in [7, 11) is 1.68. The van der Waals surface area contributed by atoms with E-state index in [0.29, 0.717) is 13.2 Å². The largest absolute Gasteiger partial charge is 0.493 e. The van der Waals surface area contributed by atoms with Gasteiger partial charge in [0.1, 0.15) is 5.75 Å². The van der Waals surface area contributed by atoms with Gasteiger partial charge in [-0.15, -0.1) is 0 Å². The molecule has 126 valence electrons. The van der Waals surface area contributed by atoms with Gasteiger partial charge >= 0.3 is 0 Å². The van der Waals surface area contributed by atoms with Gasteiger partial charge in [0, 0.05) is 37.8 Å². The Bertz CT molecular complexity index is 541. The SMILES string of the molecule is COCCCOc1cccc(NC(=O)C2CC23CCNCC3)c1. The van der Waals surface area contributed by atoms with Gasteiger partial charge in [0.25, 0.3) is 0 Å². The lowest BCUT2D eigenvalue weighted by molar-refractivity contribution is -0.118. The van der Waals surface area contributed by atoms with Crippen LogP contribution in [-0.2, 0) is 9.53 Å². The third kappa shape index (κ3) is 4.03. The maximum absolute atomic E-state index is 12.5.